The number of rotatable bonds is 6. The van der Waals surface area contributed by atoms with Crippen molar-refractivity contribution in [3.05, 3.63) is 229 Å². The lowest BCUT2D eigenvalue weighted by molar-refractivity contribution is 0.661. The third kappa shape index (κ3) is 6.08. The first-order valence-electron chi connectivity index (χ1n) is 22.8. The fraction of sp³-hybridized carbons (Fsp3) is 0.0484. The SMILES string of the molecule is CC1(C)c2ccccc2-c2cc3c4cc(-c5ccc6c(c5)c5ccccc5n6-c5ccccc5)ccc4n(-c4cccc(-c5nc(-c6ccccc6)cc(-c6cccc(C#N)c6)n5)c4)c3cc21. The van der Waals surface area contributed by atoms with Crippen molar-refractivity contribution in [2.24, 2.45) is 0 Å². The minimum Gasteiger partial charge on any atom is -0.309 e. The van der Waals surface area contributed by atoms with Crippen LogP contribution >= 0.6 is 0 Å². The topological polar surface area (TPSA) is 59.4 Å². The molecule has 0 aliphatic heterocycles. The van der Waals surface area contributed by atoms with Crippen LogP contribution in [0.2, 0.25) is 0 Å². The van der Waals surface area contributed by atoms with Crippen molar-refractivity contribution in [1.82, 2.24) is 19.1 Å². The highest BCUT2D eigenvalue weighted by atomic mass is 15.0. The van der Waals surface area contributed by atoms with Crippen LogP contribution in [0.5, 0.6) is 0 Å². The molecule has 1 aliphatic rings. The Labute approximate surface area is 388 Å². The zero-order valence-corrected chi connectivity index (χ0v) is 36.9. The highest BCUT2D eigenvalue weighted by Crippen LogP contribution is 2.51. The molecule has 0 amide bonds. The lowest BCUT2D eigenvalue weighted by Gasteiger charge is -2.21. The first-order valence-corrected chi connectivity index (χ1v) is 22.8. The Balaban J connectivity index is 1.02. The predicted octanol–water partition coefficient (Wildman–Crippen LogP) is 15.5. The number of para-hydroxylation sites is 2. The van der Waals surface area contributed by atoms with Crippen LogP contribution in [0.25, 0.3) is 111 Å². The molecule has 3 aromatic heterocycles. The summed E-state index contributed by atoms with van der Waals surface area (Å²) in [6.45, 7) is 4.70. The summed E-state index contributed by atoms with van der Waals surface area (Å²) in [5.41, 5.74) is 19.2. The molecule has 0 bridgehead atoms. The molecule has 12 aromatic rings. The number of nitriles is 1. The lowest BCUT2D eigenvalue weighted by atomic mass is 9.82. The zero-order valence-electron chi connectivity index (χ0n) is 36.9. The van der Waals surface area contributed by atoms with Crippen molar-refractivity contribution in [3.63, 3.8) is 0 Å². The van der Waals surface area contributed by atoms with Crippen molar-refractivity contribution in [3.8, 4) is 73.6 Å². The fourth-order valence-electron chi connectivity index (χ4n) is 10.7. The Kier molecular flexibility index (Phi) is 8.55. The summed E-state index contributed by atoms with van der Waals surface area (Å²) >= 11 is 0. The Morgan fingerprint density at radius 2 is 0.970 bits per heavy atom. The van der Waals surface area contributed by atoms with Gasteiger partial charge in [0.1, 0.15) is 0 Å². The summed E-state index contributed by atoms with van der Waals surface area (Å²) in [5.74, 6) is 0.616. The highest BCUT2D eigenvalue weighted by Gasteiger charge is 2.36. The standard InChI is InChI=1S/C62H41N5/c1-62(2)53-25-11-9-23-47(53)49-35-52-51-34-42(41-27-29-58-50(33-41)48-24-10-12-26-57(48)66(58)45-20-7-4-8-21-45)28-30-59(51)67(60(52)36-54(49)62)46-22-14-19-44(32-46)61-64-55(40-16-5-3-6-17-40)37-56(65-61)43-18-13-15-39(31-43)38-63/h3-37H,1-2H3. The van der Waals surface area contributed by atoms with Gasteiger partial charge in [-0.3, -0.25) is 0 Å². The van der Waals surface area contributed by atoms with E-state index >= 15 is 0 Å². The van der Waals surface area contributed by atoms with Crippen molar-refractivity contribution < 1.29 is 0 Å². The zero-order chi connectivity index (χ0) is 44.8. The van der Waals surface area contributed by atoms with E-state index in [4.69, 9.17) is 9.97 Å². The van der Waals surface area contributed by atoms with Crippen LogP contribution < -0.4 is 0 Å². The number of hydrogen-bond acceptors (Lipinski definition) is 3. The summed E-state index contributed by atoms with van der Waals surface area (Å²) in [5, 5.41) is 14.6. The van der Waals surface area contributed by atoms with E-state index in [9.17, 15) is 5.26 Å². The molecule has 0 atom stereocenters. The van der Waals surface area contributed by atoms with E-state index in [0.717, 1.165) is 50.5 Å². The quantitative estimate of drug-likeness (QED) is 0.167. The average molecular weight is 856 g/mol. The number of hydrogen-bond donors (Lipinski definition) is 0. The van der Waals surface area contributed by atoms with Crippen LogP contribution in [-0.2, 0) is 5.41 Å². The number of fused-ring (bicyclic) bond motifs is 9. The van der Waals surface area contributed by atoms with Crippen LogP contribution in [0.15, 0.2) is 212 Å². The second kappa shape index (κ2) is 14.9. The molecule has 0 N–H and O–H groups in total. The van der Waals surface area contributed by atoms with Crippen LogP contribution in [0.4, 0.5) is 0 Å². The summed E-state index contributed by atoms with van der Waals surface area (Å²) < 4.78 is 4.79. The van der Waals surface area contributed by atoms with E-state index in [-0.39, 0.29) is 5.41 Å². The van der Waals surface area contributed by atoms with Gasteiger partial charge in [0, 0.05) is 55.0 Å². The number of aromatic nitrogens is 4. The molecule has 0 fully saturated rings. The Hall–Kier alpha value is -8.85. The average Bonchev–Trinajstić information content (AvgIpc) is 3.98. The minimum absolute atomic E-state index is 0.173. The summed E-state index contributed by atoms with van der Waals surface area (Å²) in [6.07, 6.45) is 0. The maximum Gasteiger partial charge on any atom is 0.160 e. The first kappa shape index (κ1) is 38.6. The largest absolute Gasteiger partial charge is 0.309 e. The normalized spacial score (nSPS) is 12.7. The maximum absolute atomic E-state index is 9.77. The lowest BCUT2D eigenvalue weighted by Crippen LogP contribution is -2.14. The van der Waals surface area contributed by atoms with Gasteiger partial charge in [-0.1, -0.05) is 141 Å². The maximum atomic E-state index is 9.77. The van der Waals surface area contributed by atoms with Gasteiger partial charge in [-0.15, -0.1) is 0 Å². The fourth-order valence-corrected chi connectivity index (χ4v) is 10.7. The molecule has 0 unspecified atom stereocenters. The van der Waals surface area contributed by atoms with E-state index in [0.29, 0.717) is 11.4 Å². The number of benzene rings is 9. The minimum atomic E-state index is -0.173. The molecule has 67 heavy (non-hydrogen) atoms. The molecule has 5 heteroatoms. The molecule has 0 saturated carbocycles. The molecule has 9 aromatic carbocycles. The van der Waals surface area contributed by atoms with Crippen molar-refractivity contribution in [2.45, 2.75) is 19.3 Å². The van der Waals surface area contributed by atoms with Crippen molar-refractivity contribution >= 4 is 43.6 Å². The monoisotopic (exact) mass is 855 g/mol. The van der Waals surface area contributed by atoms with E-state index in [1.54, 1.807) is 0 Å². The van der Waals surface area contributed by atoms with Gasteiger partial charge < -0.3 is 9.13 Å². The molecule has 0 radical (unpaired) electrons. The molecular weight excluding hydrogens is 815 g/mol. The first-order chi connectivity index (χ1) is 32.9. The molecule has 3 heterocycles. The molecule has 5 nitrogen and oxygen atoms in total. The second-order valence-corrected chi connectivity index (χ2v) is 18.1. The molecule has 13 rings (SSSR count). The van der Waals surface area contributed by atoms with E-state index in [2.05, 4.69) is 193 Å². The van der Waals surface area contributed by atoms with Gasteiger partial charge >= 0.3 is 0 Å². The van der Waals surface area contributed by atoms with Gasteiger partial charge in [-0.05, 0) is 118 Å². The Morgan fingerprint density at radius 1 is 0.388 bits per heavy atom. The third-order valence-electron chi connectivity index (χ3n) is 13.9. The molecule has 0 spiro atoms. The van der Waals surface area contributed by atoms with Crippen LogP contribution in [0, 0.1) is 11.3 Å². The van der Waals surface area contributed by atoms with Crippen molar-refractivity contribution in [1.29, 1.82) is 5.26 Å². The number of nitrogens with zero attached hydrogens (tertiary/aromatic N) is 5. The third-order valence-corrected chi connectivity index (χ3v) is 13.9. The van der Waals surface area contributed by atoms with Gasteiger partial charge in [0.15, 0.2) is 5.82 Å². The van der Waals surface area contributed by atoms with E-state index < -0.39 is 0 Å². The Morgan fingerprint density at radius 3 is 1.75 bits per heavy atom. The van der Waals surface area contributed by atoms with Crippen LogP contribution in [-0.4, -0.2) is 19.1 Å². The van der Waals surface area contributed by atoms with Gasteiger partial charge in [0.25, 0.3) is 0 Å². The predicted molar refractivity (Wildman–Crippen MR) is 275 cm³/mol. The van der Waals surface area contributed by atoms with Crippen LogP contribution in [0.3, 0.4) is 0 Å². The molecular formula is C62H41N5. The van der Waals surface area contributed by atoms with E-state index in [1.807, 2.05) is 48.5 Å². The van der Waals surface area contributed by atoms with Crippen molar-refractivity contribution in [2.75, 3.05) is 0 Å². The van der Waals surface area contributed by atoms with E-state index in [1.165, 1.54) is 66.0 Å². The smallest absolute Gasteiger partial charge is 0.160 e. The summed E-state index contributed by atoms with van der Waals surface area (Å²) in [4.78, 5) is 10.4. The van der Waals surface area contributed by atoms with Gasteiger partial charge in [0.2, 0.25) is 0 Å². The second-order valence-electron chi connectivity index (χ2n) is 18.1. The summed E-state index contributed by atoms with van der Waals surface area (Å²) in [7, 11) is 0. The molecule has 1 aliphatic carbocycles. The van der Waals surface area contributed by atoms with Gasteiger partial charge in [-0.2, -0.15) is 5.26 Å². The van der Waals surface area contributed by atoms with Gasteiger partial charge in [-0.25, -0.2) is 9.97 Å². The Bertz CT molecular complexity index is 4020. The van der Waals surface area contributed by atoms with Gasteiger partial charge in [0.05, 0.1) is 45.1 Å². The molecule has 314 valence electrons. The molecule has 0 saturated heterocycles. The van der Waals surface area contributed by atoms with Crippen LogP contribution in [0.1, 0.15) is 30.5 Å². The summed E-state index contributed by atoms with van der Waals surface area (Å²) in [6, 6.07) is 77.8. The highest BCUT2D eigenvalue weighted by molar-refractivity contribution is 6.14.